The maximum Gasteiger partial charge on any atom is 0.335 e. The maximum absolute atomic E-state index is 12.7. The van der Waals surface area contributed by atoms with Crippen LogP contribution in [-0.2, 0) is 6.54 Å². The predicted octanol–water partition coefficient (Wildman–Crippen LogP) is 3.65. The quantitative estimate of drug-likeness (QED) is 0.690. The SMILES string of the molecule is C=CCn1cc(C(=O)Nc2cccc(C(=O)O)c2)c2ccc(C#N)cc21. The van der Waals surface area contributed by atoms with Crippen LogP contribution >= 0.6 is 0 Å². The van der Waals surface area contributed by atoms with Gasteiger partial charge in [-0.25, -0.2) is 4.79 Å². The van der Waals surface area contributed by atoms with Crippen LogP contribution in [0.1, 0.15) is 26.3 Å². The average Bonchev–Trinajstić information content (AvgIpc) is 3.00. The fourth-order valence-corrected chi connectivity index (χ4v) is 2.76. The summed E-state index contributed by atoms with van der Waals surface area (Å²) in [5, 5.41) is 21.6. The van der Waals surface area contributed by atoms with E-state index >= 15 is 0 Å². The van der Waals surface area contributed by atoms with Crippen LogP contribution in [0, 0.1) is 11.3 Å². The largest absolute Gasteiger partial charge is 0.478 e. The minimum atomic E-state index is -1.06. The Hall–Kier alpha value is -3.85. The highest BCUT2D eigenvalue weighted by Gasteiger charge is 2.16. The number of nitriles is 1. The smallest absolute Gasteiger partial charge is 0.335 e. The number of amides is 1. The second kappa shape index (κ2) is 6.95. The summed E-state index contributed by atoms with van der Waals surface area (Å²) in [6, 6.07) is 13.2. The molecular formula is C20H15N3O3. The van der Waals surface area contributed by atoms with E-state index in [9.17, 15) is 9.59 Å². The lowest BCUT2D eigenvalue weighted by molar-refractivity contribution is 0.0696. The molecular weight excluding hydrogens is 330 g/mol. The Morgan fingerprint density at radius 1 is 1.27 bits per heavy atom. The first-order valence-electron chi connectivity index (χ1n) is 7.82. The number of aromatic carboxylic acids is 1. The van der Waals surface area contributed by atoms with E-state index in [0.29, 0.717) is 28.7 Å². The normalized spacial score (nSPS) is 10.3. The van der Waals surface area contributed by atoms with Crippen molar-refractivity contribution in [2.75, 3.05) is 5.32 Å². The summed E-state index contributed by atoms with van der Waals surface area (Å²) in [7, 11) is 0. The van der Waals surface area contributed by atoms with Gasteiger partial charge in [-0.05, 0) is 30.3 Å². The van der Waals surface area contributed by atoms with Gasteiger partial charge in [0.15, 0.2) is 0 Å². The fourth-order valence-electron chi connectivity index (χ4n) is 2.76. The van der Waals surface area contributed by atoms with Crippen molar-refractivity contribution in [1.29, 1.82) is 5.26 Å². The van der Waals surface area contributed by atoms with E-state index < -0.39 is 5.97 Å². The van der Waals surface area contributed by atoms with Crippen molar-refractivity contribution >= 4 is 28.5 Å². The van der Waals surface area contributed by atoms with Gasteiger partial charge in [-0.1, -0.05) is 18.2 Å². The minimum absolute atomic E-state index is 0.0931. The van der Waals surface area contributed by atoms with Gasteiger partial charge in [0.1, 0.15) is 0 Å². The molecule has 0 bridgehead atoms. The van der Waals surface area contributed by atoms with Crippen molar-refractivity contribution < 1.29 is 14.7 Å². The molecule has 3 aromatic rings. The van der Waals surface area contributed by atoms with Crippen LogP contribution in [0.4, 0.5) is 5.69 Å². The number of fused-ring (bicyclic) bond motifs is 1. The first-order chi connectivity index (χ1) is 12.5. The number of carbonyl (C=O) groups is 2. The summed E-state index contributed by atoms with van der Waals surface area (Å²) < 4.78 is 1.84. The average molecular weight is 345 g/mol. The Morgan fingerprint density at radius 2 is 2.08 bits per heavy atom. The van der Waals surface area contributed by atoms with Crippen molar-refractivity contribution in [2.45, 2.75) is 6.54 Å². The maximum atomic E-state index is 12.7. The number of carboxylic acid groups (broad SMARTS) is 1. The molecule has 0 aliphatic heterocycles. The molecule has 0 unspecified atom stereocenters. The summed E-state index contributed by atoms with van der Waals surface area (Å²) in [4.78, 5) is 23.8. The third-order valence-corrected chi connectivity index (χ3v) is 3.95. The van der Waals surface area contributed by atoms with Gasteiger partial charge in [0.05, 0.1) is 28.3 Å². The highest BCUT2D eigenvalue weighted by atomic mass is 16.4. The van der Waals surface area contributed by atoms with Crippen LogP contribution in [0.25, 0.3) is 10.9 Å². The van der Waals surface area contributed by atoms with Crippen LogP contribution in [0.5, 0.6) is 0 Å². The molecule has 6 heteroatoms. The molecule has 128 valence electrons. The Labute approximate surface area is 149 Å². The predicted molar refractivity (Wildman–Crippen MR) is 98.2 cm³/mol. The van der Waals surface area contributed by atoms with E-state index in [1.165, 1.54) is 12.1 Å². The zero-order valence-electron chi connectivity index (χ0n) is 13.8. The molecule has 1 amide bonds. The third-order valence-electron chi connectivity index (χ3n) is 3.95. The monoisotopic (exact) mass is 345 g/mol. The molecule has 26 heavy (non-hydrogen) atoms. The third kappa shape index (κ3) is 3.19. The van der Waals surface area contributed by atoms with Crippen molar-refractivity contribution in [3.05, 3.63) is 78.0 Å². The standard InChI is InChI=1S/C20H15N3O3/c1-2-8-23-12-17(16-7-6-13(11-21)9-18(16)23)19(24)22-15-5-3-4-14(10-15)20(25)26/h2-7,9-10,12H,1,8H2,(H,22,24)(H,25,26). The van der Waals surface area contributed by atoms with Crippen LogP contribution < -0.4 is 5.32 Å². The zero-order chi connectivity index (χ0) is 18.7. The molecule has 2 N–H and O–H groups in total. The first kappa shape index (κ1) is 17.0. The molecule has 0 saturated carbocycles. The number of carbonyl (C=O) groups excluding carboxylic acids is 1. The summed E-state index contributed by atoms with van der Waals surface area (Å²) in [5.74, 6) is -1.42. The van der Waals surface area contributed by atoms with Crippen LogP contribution in [0.15, 0.2) is 61.3 Å². The number of nitrogens with zero attached hydrogens (tertiary/aromatic N) is 2. The fraction of sp³-hybridized carbons (Fsp3) is 0.0500. The van der Waals surface area contributed by atoms with Gasteiger partial charge in [-0.2, -0.15) is 5.26 Å². The topological polar surface area (TPSA) is 95.1 Å². The van der Waals surface area contributed by atoms with Gasteiger partial charge in [-0.3, -0.25) is 4.79 Å². The summed E-state index contributed by atoms with van der Waals surface area (Å²) in [6.45, 7) is 4.20. The summed E-state index contributed by atoms with van der Waals surface area (Å²) >= 11 is 0. The molecule has 0 saturated heterocycles. The summed E-state index contributed by atoms with van der Waals surface area (Å²) in [6.07, 6.45) is 3.40. The summed E-state index contributed by atoms with van der Waals surface area (Å²) in [5.41, 5.74) is 2.19. The Morgan fingerprint density at radius 3 is 2.77 bits per heavy atom. The van der Waals surface area contributed by atoms with Crippen LogP contribution in [-0.4, -0.2) is 21.6 Å². The van der Waals surface area contributed by atoms with E-state index in [-0.39, 0.29) is 11.5 Å². The number of anilines is 1. The zero-order valence-corrected chi connectivity index (χ0v) is 13.8. The molecule has 0 aliphatic rings. The molecule has 0 radical (unpaired) electrons. The van der Waals surface area contributed by atoms with Crippen molar-refractivity contribution in [1.82, 2.24) is 4.57 Å². The van der Waals surface area contributed by atoms with Gasteiger partial charge in [-0.15, -0.1) is 6.58 Å². The van der Waals surface area contributed by atoms with E-state index in [1.54, 1.807) is 42.6 Å². The Kier molecular flexibility index (Phi) is 4.54. The second-order valence-electron chi connectivity index (χ2n) is 5.67. The Balaban J connectivity index is 2.00. The van der Waals surface area contributed by atoms with Gasteiger partial charge in [0.25, 0.3) is 5.91 Å². The second-order valence-corrected chi connectivity index (χ2v) is 5.67. The number of carboxylic acids is 1. The van der Waals surface area contributed by atoms with E-state index in [2.05, 4.69) is 18.0 Å². The first-order valence-corrected chi connectivity index (χ1v) is 7.82. The molecule has 0 spiro atoms. The lowest BCUT2D eigenvalue weighted by atomic mass is 10.1. The number of rotatable bonds is 5. The minimum Gasteiger partial charge on any atom is -0.478 e. The van der Waals surface area contributed by atoms with E-state index in [4.69, 9.17) is 10.4 Å². The van der Waals surface area contributed by atoms with Gasteiger partial charge < -0.3 is 15.0 Å². The molecule has 6 nitrogen and oxygen atoms in total. The molecule has 0 fully saturated rings. The van der Waals surface area contributed by atoms with Gasteiger partial charge in [0.2, 0.25) is 0 Å². The molecule has 0 aliphatic carbocycles. The van der Waals surface area contributed by atoms with Gasteiger partial charge in [0, 0.05) is 23.8 Å². The number of allylic oxidation sites excluding steroid dienone is 1. The van der Waals surface area contributed by atoms with E-state index in [1.807, 2.05) is 4.57 Å². The number of hydrogen-bond donors (Lipinski definition) is 2. The highest BCUT2D eigenvalue weighted by molar-refractivity contribution is 6.13. The highest BCUT2D eigenvalue weighted by Crippen LogP contribution is 2.24. The Bertz CT molecular complexity index is 1070. The number of nitrogens with one attached hydrogen (secondary N) is 1. The molecule has 1 aromatic heterocycles. The number of hydrogen-bond acceptors (Lipinski definition) is 3. The molecule has 0 atom stereocenters. The van der Waals surface area contributed by atoms with Gasteiger partial charge >= 0.3 is 5.97 Å². The van der Waals surface area contributed by atoms with Crippen molar-refractivity contribution in [3.8, 4) is 6.07 Å². The molecule has 2 aromatic carbocycles. The number of benzene rings is 2. The van der Waals surface area contributed by atoms with Crippen LogP contribution in [0.3, 0.4) is 0 Å². The van der Waals surface area contributed by atoms with E-state index in [0.717, 1.165) is 5.52 Å². The lowest BCUT2D eigenvalue weighted by Crippen LogP contribution is -2.12. The van der Waals surface area contributed by atoms with Crippen LogP contribution in [0.2, 0.25) is 0 Å². The van der Waals surface area contributed by atoms with Crippen molar-refractivity contribution in [3.63, 3.8) is 0 Å². The van der Waals surface area contributed by atoms with Crippen molar-refractivity contribution in [2.24, 2.45) is 0 Å². The number of aromatic nitrogens is 1. The molecule has 3 rings (SSSR count). The lowest BCUT2D eigenvalue weighted by Gasteiger charge is -2.05. The molecule has 1 heterocycles.